The van der Waals surface area contributed by atoms with E-state index in [1.807, 2.05) is 0 Å². The van der Waals surface area contributed by atoms with Crippen molar-refractivity contribution in [1.82, 2.24) is 0 Å². The van der Waals surface area contributed by atoms with E-state index in [2.05, 4.69) is 99.0 Å². The summed E-state index contributed by atoms with van der Waals surface area (Å²) in [5, 5.41) is 0. The molecule has 0 aromatic heterocycles. The zero-order valence-corrected chi connectivity index (χ0v) is 16.3. The second-order valence-electron chi connectivity index (χ2n) is 4.43. The Bertz CT molecular complexity index is 699. The molecule has 1 atom stereocenters. The Morgan fingerprint density at radius 3 is 1.95 bits per heavy atom. The Morgan fingerprint density at radius 1 is 0.667 bits per heavy atom. The van der Waals surface area contributed by atoms with Crippen molar-refractivity contribution in [3.8, 4) is 0 Å². The van der Waals surface area contributed by atoms with Crippen LogP contribution in [0.4, 0.5) is 0 Å². The first-order valence-corrected chi connectivity index (χ1v) is 14.1. The van der Waals surface area contributed by atoms with Gasteiger partial charge in [-0.3, -0.25) is 0 Å². The van der Waals surface area contributed by atoms with E-state index >= 15 is 0 Å². The van der Waals surface area contributed by atoms with Gasteiger partial charge in [-0.15, -0.1) is 0 Å². The van der Waals surface area contributed by atoms with Crippen molar-refractivity contribution < 1.29 is 0 Å². The first-order valence-electron chi connectivity index (χ1n) is 6.62. The van der Waals surface area contributed by atoms with Gasteiger partial charge in [0.1, 0.15) is 0 Å². The van der Waals surface area contributed by atoms with Gasteiger partial charge < -0.3 is 0 Å². The van der Waals surface area contributed by atoms with Crippen molar-refractivity contribution in [1.29, 1.82) is 0 Å². The van der Waals surface area contributed by atoms with Gasteiger partial charge in [-0.05, 0) is 0 Å². The van der Waals surface area contributed by atoms with Gasteiger partial charge in [0, 0.05) is 0 Å². The van der Waals surface area contributed by atoms with Gasteiger partial charge in [0.2, 0.25) is 0 Å². The Labute approximate surface area is 143 Å². The van der Waals surface area contributed by atoms with Gasteiger partial charge in [0.15, 0.2) is 0 Å². The predicted molar refractivity (Wildman–Crippen MR) is 98.3 cm³/mol. The standard InChI is InChI=1S/C18H14BrSe2/c19-21(16-11-5-2-6-12-16)18-14-8-7-13-17(18)20-15-9-3-1-4-10-15/h1-14H/q+1. The topological polar surface area (TPSA) is 0 Å². The second kappa shape index (κ2) is 7.44. The fourth-order valence-electron chi connectivity index (χ4n) is 1.96. The average Bonchev–Trinajstić information content (AvgIpc) is 2.56. The molecule has 104 valence electrons. The van der Waals surface area contributed by atoms with E-state index < -0.39 is 12.1 Å². The fraction of sp³-hybridized carbons (Fsp3) is 0. The zero-order valence-electron chi connectivity index (χ0n) is 11.3. The van der Waals surface area contributed by atoms with Crippen LogP contribution in [-0.2, 0) is 0 Å². The molecule has 3 aromatic rings. The monoisotopic (exact) mass is 469 g/mol. The van der Waals surface area contributed by atoms with Crippen LogP contribution in [0.5, 0.6) is 0 Å². The van der Waals surface area contributed by atoms with Crippen LogP contribution in [0.25, 0.3) is 0 Å². The Hall–Kier alpha value is -0.821. The van der Waals surface area contributed by atoms with Crippen LogP contribution in [0.1, 0.15) is 0 Å². The molecule has 0 spiro atoms. The average molecular weight is 468 g/mol. The van der Waals surface area contributed by atoms with Gasteiger partial charge in [0.25, 0.3) is 0 Å². The summed E-state index contributed by atoms with van der Waals surface area (Å²) < 4.78 is 5.83. The van der Waals surface area contributed by atoms with Crippen molar-refractivity contribution in [3.05, 3.63) is 84.9 Å². The van der Waals surface area contributed by atoms with Gasteiger partial charge in [-0.25, -0.2) is 0 Å². The van der Waals surface area contributed by atoms with Crippen molar-refractivity contribution in [2.75, 3.05) is 0 Å². The summed E-state index contributed by atoms with van der Waals surface area (Å²) in [5.74, 6) is 0. The van der Waals surface area contributed by atoms with E-state index in [1.165, 1.54) is 17.8 Å². The third kappa shape index (κ3) is 3.88. The molecular formula is C18H14BrSe2+. The van der Waals surface area contributed by atoms with Crippen molar-refractivity contribution >= 4 is 59.0 Å². The van der Waals surface area contributed by atoms with Crippen LogP contribution in [-0.4, -0.2) is 27.0 Å². The van der Waals surface area contributed by atoms with Crippen LogP contribution in [0.3, 0.4) is 0 Å². The molecule has 0 heterocycles. The van der Waals surface area contributed by atoms with Crippen LogP contribution >= 0.6 is 14.1 Å². The first kappa shape index (κ1) is 15.1. The third-order valence-electron chi connectivity index (χ3n) is 2.96. The van der Waals surface area contributed by atoms with E-state index in [4.69, 9.17) is 0 Å². The molecule has 0 aliphatic heterocycles. The Morgan fingerprint density at radius 2 is 1.24 bits per heavy atom. The minimum atomic E-state index is -1.12. The third-order valence-corrected chi connectivity index (χ3v) is 12.6. The summed E-state index contributed by atoms with van der Waals surface area (Å²) in [5.41, 5.74) is 0. The molecule has 0 bridgehead atoms. The van der Waals surface area contributed by atoms with Crippen LogP contribution < -0.4 is 17.8 Å². The molecule has 0 radical (unpaired) electrons. The Balaban J connectivity index is 1.93. The summed E-state index contributed by atoms with van der Waals surface area (Å²) in [6.45, 7) is 0. The second-order valence-corrected chi connectivity index (χ2v) is 13.1. The molecule has 0 amide bonds. The number of hydrogen-bond donors (Lipinski definition) is 0. The van der Waals surface area contributed by atoms with E-state index in [-0.39, 0.29) is 0 Å². The summed E-state index contributed by atoms with van der Waals surface area (Å²) in [4.78, 5) is 0. The summed E-state index contributed by atoms with van der Waals surface area (Å²) in [7, 11) is 0. The first-order chi connectivity index (χ1) is 10.3. The molecule has 0 saturated heterocycles. The molecule has 0 nitrogen and oxygen atoms in total. The predicted octanol–water partition coefficient (Wildman–Crippen LogP) is 1.84. The van der Waals surface area contributed by atoms with Crippen molar-refractivity contribution in [2.45, 2.75) is 0 Å². The van der Waals surface area contributed by atoms with E-state index in [1.54, 1.807) is 0 Å². The van der Waals surface area contributed by atoms with Gasteiger partial charge in [-0.2, -0.15) is 0 Å². The van der Waals surface area contributed by atoms with Crippen LogP contribution in [0.2, 0.25) is 0 Å². The minimum absolute atomic E-state index is 0.363. The number of halogens is 1. The summed E-state index contributed by atoms with van der Waals surface area (Å²) >= 11 is 3.24. The molecular weight excluding hydrogens is 454 g/mol. The summed E-state index contributed by atoms with van der Waals surface area (Å²) in [6, 6.07) is 30.4. The van der Waals surface area contributed by atoms with Crippen LogP contribution in [0, 0.1) is 0 Å². The van der Waals surface area contributed by atoms with E-state index in [0.717, 1.165) is 0 Å². The molecule has 0 aliphatic carbocycles. The SMILES string of the molecule is Br[Se+](c1ccccc1)c1ccccc1[Se]c1ccccc1. The zero-order chi connectivity index (χ0) is 14.5. The molecule has 3 rings (SSSR count). The normalized spacial score (nSPS) is 12.0. The molecule has 3 aromatic carbocycles. The van der Waals surface area contributed by atoms with Gasteiger partial charge in [-0.1, -0.05) is 0 Å². The van der Waals surface area contributed by atoms with Gasteiger partial charge in [0.05, 0.1) is 0 Å². The maximum absolute atomic E-state index is 3.99. The number of rotatable bonds is 4. The van der Waals surface area contributed by atoms with Crippen LogP contribution in [0.15, 0.2) is 84.9 Å². The molecule has 0 saturated carbocycles. The quantitative estimate of drug-likeness (QED) is 0.514. The number of hydrogen-bond acceptors (Lipinski definition) is 0. The molecule has 21 heavy (non-hydrogen) atoms. The van der Waals surface area contributed by atoms with E-state index in [9.17, 15) is 0 Å². The van der Waals surface area contributed by atoms with Crippen molar-refractivity contribution in [2.24, 2.45) is 0 Å². The molecule has 0 aliphatic rings. The molecule has 3 heteroatoms. The fourth-order valence-corrected chi connectivity index (χ4v) is 11.3. The maximum atomic E-state index is 3.99. The molecule has 0 fully saturated rings. The number of benzene rings is 3. The van der Waals surface area contributed by atoms with Crippen molar-refractivity contribution in [3.63, 3.8) is 0 Å². The molecule has 0 N–H and O–H groups in total. The van der Waals surface area contributed by atoms with Gasteiger partial charge >= 0.3 is 144 Å². The van der Waals surface area contributed by atoms with E-state index in [0.29, 0.717) is 15.0 Å². The Kier molecular flexibility index (Phi) is 5.35. The summed E-state index contributed by atoms with van der Waals surface area (Å²) in [6.07, 6.45) is 0. The molecule has 1 unspecified atom stereocenters.